The van der Waals surface area contributed by atoms with E-state index in [4.69, 9.17) is 4.74 Å². The summed E-state index contributed by atoms with van der Waals surface area (Å²) in [4.78, 5) is 69.6. The normalized spacial score (nSPS) is 18.9. The van der Waals surface area contributed by atoms with Gasteiger partial charge >= 0.3 is 0 Å². The van der Waals surface area contributed by atoms with Crippen LogP contribution in [0.4, 0.5) is 0 Å². The van der Waals surface area contributed by atoms with Crippen LogP contribution < -0.4 is 11.1 Å². The molecule has 0 amide bonds. The summed E-state index contributed by atoms with van der Waals surface area (Å²) in [6, 6.07) is 3.10. The molecular weight excluding hydrogens is 564 g/mol. The van der Waals surface area contributed by atoms with Gasteiger partial charge in [0.1, 0.15) is 35.3 Å². The van der Waals surface area contributed by atoms with Gasteiger partial charge in [-0.25, -0.2) is 10.2 Å². The highest BCUT2D eigenvalue weighted by molar-refractivity contribution is 6.38. The number of phenols is 3. The summed E-state index contributed by atoms with van der Waals surface area (Å²) in [5.74, 6) is -6.75. The first-order valence-corrected chi connectivity index (χ1v) is 12.7. The lowest BCUT2D eigenvalue weighted by Crippen LogP contribution is -2.36. The zero-order valence-corrected chi connectivity index (χ0v) is 22.0. The van der Waals surface area contributed by atoms with E-state index in [0.29, 0.717) is 10.9 Å². The van der Waals surface area contributed by atoms with Crippen LogP contribution in [-0.4, -0.2) is 71.6 Å². The number of pyridine rings is 1. The second kappa shape index (κ2) is 8.69. The number of hydrogen-bond acceptors (Lipinski definition) is 13. The number of aryl methyl sites for hydroxylation is 1. The fourth-order valence-corrected chi connectivity index (χ4v) is 6.25. The highest BCUT2D eigenvalue weighted by Gasteiger charge is 2.61. The molecule has 5 N–H and O–H groups in total. The molecule has 0 saturated heterocycles. The van der Waals surface area contributed by atoms with Gasteiger partial charge in [0.2, 0.25) is 5.78 Å². The molecule has 0 saturated carbocycles. The molecular formula is C28H18N6O9. The SMILES string of the molecule is COC1=CC(=O)c2c(O)c3c(c(O)c2C1=O)C(=O)C1(CCc2cc4cc(C=NNn5cnnc5)[nH]c(=O)c4c(O)c21)C3=O. The number of ether oxygens (including phenoxy) is 1. The number of Topliss-reactive ketones (excluding diaryl/α,β-unsaturated/α-hetero) is 3. The lowest BCUT2D eigenvalue weighted by molar-refractivity contribution is 0.0790. The molecule has 0 fully saturated rings. The molecule has 1 unspecified atom stereocenters. The third-order valence-electron chi connectivity index (χ3n) is 8.06. The molecule has 2 aromatic heterocycles. The fraction of sp³-hybridized carbons (Fsp3) is 0.143. The standard InChI is InChI=1S/C28H18N6O9/c1-43-14-6-13(35)16-17(21(14)36)23(38)19-18(22(16)37)25(40)28(26(19)41)3-2-10-4-11-5-12(7-29-33-34-8-30-31-9-34)32-27(42)15(11)24(39)20(10)28/h4-9,33,37-39H,2-3H2,1H3,(H,32,42). The highest BCUT2D eigenvalue weighted by Crippen LogP contribution is 2.57. The van der Waals surface area contributed by atoms with Crippen LogP contribution in [0, 0.1) is 0 Å². The van der Waals surface area contributed by atoms with Crippen molar-refractivity contribution in [3.05, 3.63) is 86.1 Å². The molecule has 0 radical (unpaired) electrons. The van der Waals surface area contributed by atoms with Gasteiger partial charge in [0.15, 0.2) is 23.1 Å². The Kier molecular flexibility index (Phi) is 5.22. The van der Waals surface area contributed by atoms with Gasteiger partial charge < -0.3 is 25.0 Å². The summed E-state index contributed by atoms with van der Waals surface area (Å²) >= 11 is 0. The minimum atomic E-state index is -2.12. The van der Waals surface area contributed by atoms with Crippen molar-refractivity contribution in [2.24, 2.45) is 5.10 Å². The van der Waals surface area contributed by atoms with Crippen molar-refractivity contribution in [3.8, 4) is 17.2 Å². The summed E-state index contributed by atoms with van der Waals surface area (Å²) < 4.78 is 6.26. The van der Waals surface area contributed by atoms with E-state index in [2.05, 4.69) is 25.8 Å². The first-order chi connectivity index (χ1) is 20.6. The van der Waals surface area contributed by atoms with Crippen LogP contribution in [0.15, 0.2) is 46.5 Å². The maximum Gasteiger partial charge on any atom is 0.260 e. The average molecular weight is 582 g/mol. The third kappa shape index (κ3) is 3.23. The van der Waals surface area contributed by atoms with Gasteiger partial charge in [-0.1, -0.05) is 6.07 Å². The van der Waals surface area contributed by atoms with Gasteiger partial charge in [0, 0.05) is 11.6 Å². The topological polar surface area (TPSA) is 226 Å². The first-order valence-electron chi connectivity index (χ1n) is 12.7. The average Bonchev–Trinajstić information content (AvgIpc) is 3.68. The third-order valence-corrected chi connectivity index (χ3v) is 8.06. The number of benzene rings is 2. The van der Waals surface area contributed by atoms with Gasteiger partial charge in [-0.05, 0) is 29.9 Å². The van der Waals surface area contributed by atoms with E-state index in [-0.39, 0.29) is 29.5 Å². The van der Waals surface area contributed by atoms with E-state index < -0.39 is 79.4 Å². The molecule has 43 heavy (non-hydrogen) atoms. The number of fused-ring (bicyclic) bond motifs is 5. The number of carbonyl (C=O) groups excluding carboxylic acids is 4. The highest BCUT2D eigenvalue weighted by atomic mass is 16.5. The van der Waals surface area contributed by atoms with E-state index in [1.54, 1.807) is 6.07 Å². The fourth-order valence-electron chi connectivity index (χ4n) is 6.25. The van der Waals surface area contributed by atoms with Crippen LogP contribution >= 0.6 is 0 Å². The lowest BCUT2D eigenvalue weighted by atomic mass is 9.76. The minimum Gasteiger partial charge on any atom is -0.507 e. The van der Waals surface area contributed by atoms with E-state index >= 15 is 0 Å². The molecule has 1 atom stereocenters. The summed E-state index contributed by atoms with van der Waals surface area (Å²) in [6.07, 6.45) is 4.80. The molecule has 3 aliphatic carbocycles. The van der Waals surface area contributed by atoms with Crippen molar-refractivity contribution in [2.75, 3.05) is 12.6 Å². The molecule has 2 aromatic carbocycles. The number of aromatic nitrogens is 4. The Morgan fingerprint density at radius 1 is 0.977 bits per heavy atom. The van der Waals surface area contributed by atoms with Gasteiger partial charge in [-0.2, -0.15) is 5.10 Å². The maximum atomic E-state index is 14.1. The summed E-state index contributed by atoms with van der Waals surface area (Å²) in [5.41, 5.74) is -2.31. The zero-order valence-electron chi connectivity index (χ0n) is 22.0. The van der Waals surface area contributed by atoms with Gasteiger partial charge in [-0.15, -0.1) is 10.2 Å². The number of aromatic hydroxyl groups is 3. The van der Waals surface area contributed by atoms with Crippen LogP contribution in [0.3, 0.4) is 0 Å². The number of allylic oxidation sites excluding steroid dienone is 2. The zero-order chi connectivity index (χ0) is 30.4. The molecule has 1 spiro atoms. The van der Waals surface area contributed by atoms with Crippen molar-refractivity contribution in [3.63, 3.8) is 0 Å². The molecule has 15 heteroatoms. The number of ketones is 4. The van der Waals surface area contributed by atoms with Crippen molar-refractivity contribution in [2.45, 2.75) is 18.3 Å². The Morgan fingerprint density at radius 3 is 2.33 bits per heavy atom. The van der Waals surface area contributed by atoms with Gasteiger partial charge in [0.05, 0.1) is 46.7 Å². The molecule has 3 aliphatic rings. The van der Waals surface area contributed by atoms with E-state index in [1.807, 2.05) is 0 Å². The van der Waals surface area contributed by atoms with E-state index in [0.717, 1.165) is 13.2 Å². The van der Waals surface area contributed by atoms with Crippen LogP contribution in [-0.2, 0) is 16.6 Å². The number of hydrogen-bond donors (Lipinski definition) is 5. The summed E-state index contributed by atoms with van der Waals surface area (Å²) in [7, 11) is 1.13. The Hall–Kier alpha value is -6.12. The predicted octanol–water partition coefficient (Wildman–Crippen LogP) is 0.986. The number of nitrogens with one attached hydrogen (secondary N) is 2. The van der Waals surface area contributed by atoms with Crippen molar-refractivity contribution < 1.29 is 39.2 Å². The summed E-state index contributed by atoms with van der Waals surface area (Å²) in [6.45, 7) is 0. The molecule has 15 nitrogen and oxygen atoms in total. The number of methoxy groups -OCH3 is 1. The van der Waals surface area contributed by atoms with Gasteiger partial charge in [-0.3, -0.25) is 24.0 Å². The van der Waals surface area contributed by atoms with Gasteiger partial charge in [0.25, 0.3) is 5.56 Å². The Bertz CT molecular complexity index is 2130. The largest absolute Gasteiger partial charge is 0.507 e. The Labute approximate surface area is 238 Å². The summed E-state index contributed by atoms with van der Waals surface area (Å²) in [5, 5.41) is 45.0. The molecule has 0 aliphatic heterocycles. The Morgan fingerprint density at radius 2 is 1.65 bits per heavy atom. The number of H-pyrrole nitrogens is 1. The van der Waals surface area contributed by atoms with E-state index in [1.165, 1.54) is 29.6 Å². The number of carbonyl (C=O) groups is 4. The quantitative estimate of drug-likeness (QED) is 0.0982. The van der Waals surface area contributed by atoms with Crippen molar-refractivity contribution in [1.29, 1.82) is 0 Å². The molecule has 4 aromatic rings. The van der Waals surface area contributed by atoms with E-state index in [9.17, 15) is 39.3 Å². The van der Waals surface area contributed by atoms with Crippen LogP contribution in [0.2, 0.25) is 0 Å². The second-order valence-corrected chi connectivity index (χ2v) is 10.2. The monoisotopic (exact) mass is 582 g/mol. The number of phenolic OH excluding ortho intramolecular Hbond substituents is 3. The van der Waals surface area contributed by atoms with Crippen molar-refractivity contribution in [1.82, 2.24) is 19.9 Å². The minimum absolute atomic E-state index is 0.115. The second-order valence-electron chi connectivity index (χ2n) is 10.2. The molecule has 2 heterocycles. The van der Waals surface area contributed by atoms with Crippen LogP contribution in [0.1, 0.15) is 64.7 Å². The van der Waals surface area contributed by atoms with Crippen LogP contribution in [0.25, 0.3) is 10.8 Å². The number of nitrogens with zero attached hydrogens (tertiary/aromatic N) is 4. The number of rotatable bonds is 4. The lowest BCUT2D eigenvalue weighted by Gasteiger charge is -2.22. The number of hydrazone groups is 1. The molecule has 7 rings (SSSR count). The van der Waals surface area contributed by atoms with Crippen molar-refractivity contribution >= 4 is 40.1 Å². The van der Waals surface area contributed by atoms with Crippen LogP contribution in [0.5, 0.6) is 17.2 Å². The Balaban J connectivity index is 1.38. The number of aromatic amines is 1. The first kappa shape index (κ1) is 25.8. The smallest absolute Gasteiger partial charge is 0.260 e. The predicted molar refractivity (Wildman–Crippen MR) is 145 cm³/mol. The molecule has 0 bridgehead atoms. The molecule has 214 valence electrons. The maximum absolute atomic E-state index is 14.1.